The number of nitriles is 1. The Bertz CT molecular complexity index is 916. The Morgan fingerprint density at radius 2 is 1.96 bits per heavy atom. The Kier molecular flexibility index (Phi) is 3.59. The summed E-state index contributed by atoms with van der Waals surface area (Å²) in [6, 6.07) is 6.08. The molecular weight excluding hydrogens is 302 g/mol. The topological polar surface area (TPSA) is 73.3 Å². The lowest BCUT2D eigenvalue weighted by atomic mass is 10.1. The molecule has 3 aromatic heterocycles. The molecule has 4 heterocycles. The van der Waals surface area contributed by atoms with Crippen molar-refractivity contribution in [3.05, 3.63) is 42.5 Å². The van der Waals surface area contributed by atoms with Crippen LogP contribution in [-0.4, -0.2) is 57.7 Å². The lowest BCUT2D eigenvalue weighted by Gasteiger charge is -2.34. The summed E-state index contributed by atoms with van der Waals surface area (Å²) < 4.78 is 1.70. The summed E-state index contributed by atoms with van der Waals surface area (Å²) in [7, 11) is 2.14. The molecule has 7 nitrogen and oxygen atoms in total. The van der Waals surface area contributed by atoms with Gasteiger partial charge in [-0.1, -0.05) is 0 Å². The maximum Gasteiger partial charge on any atom is 0.138 e. The Morgan fingerprint density at radius 3 is 2.75 bits per heavy atom. The molecule has 0 unspecified atom stereocenters. The minimum atomic E-state index is 0.527. The molecular formula is C17H17N7. The van der Waals surface area contributed by atoms with E-state index in [0.717, 1.165) is 43.3 Å². The third-order valence-electron chi connectivity index (χ3n) is 4.39. The number of hydrogen-bond donors (Lipinski definition) is 0. The second kappa shape index (κ2) is 5.91. The van der Waals surface area contributed by atoms with Gasteiger partial charge in [-0.3, -0.25) is 4.98 Å². The van der Waals surface area contributed by atoms with E-state index in [9.17, 15) is 0 Å². The molecule has 0 amide bonds. The quantitative estimate of drug-likeness (QED) is 0.711. The number of piperazine rings is 1. The van der Waals surface area contributed by atoms with Crippen molar-refractivity contribution >= 4 is 11.3 Å². The van der Waals surface area contributed by atoms with E-state index in [1.165, 1.54) is 0 Å². The van der Waals surface area contributed by atoms with E-state index in [4.69, 9.17) is 5.26 Å². The normalized spacial score (nSPS) is 15.6. The highest BCUT2D eigenvalue weighted by Crippen LogP contribution is 2.28. The molecule has 1 fully saturated rings. The van der Waals surface area contributed by atoms with E-state index < -0.39 is 0 Å². The second-order valence-corrected chi connectivity index (χ2v) is 5.94. The van der Waals surface area contributed by atoms with Gasteiger partial charge in [0.1, 0.15) is 17.4 Å². The minimum absolute atomic E-state index is 0.527. The Hall–Kier alpha value is -2.98. The molecule has 7 heteroatoms. The highest BCUT2D eigenvalue weighted by atomic mass is 15.3. The van der Waals surface area contributed by atoms with Crippen molar-refractivity contribution in [3.8, 4) is 17.3 Å². The number of fused-ring (bicyclic) bond motifs is 1. The van der Waals surface area contributed by atoms with Crippen molar-refractivity contribution in [2.24, 2.45) is 0 Å². The first kappa shape index (κ1) is 14.6. The van der Waals surface area contributed by atoms with E-state index in [-0.39, 0.29) is 0 Å². The molecule has 0 saturated carbocycles. The van der Waals surface area contributed by atoms with E-state index in [1.54, 1.807) is 16.9 Å². The molecule has 3 aromatic rings. The van der Waals surface area contributed by atoms with Gasteiger partial charge in [-0.25, -0.2) is 9.50 Å². The summed E-state index contributed by atoms with van der Waals surface area (Å²) in [5.74, 6) is 0.949. The first-order valence-electron chi connectivity index (χ1n) is 7.88. The lowest BCUT2D eigenvalue weighted by Crippen LogP contribution is -2.45. The SMILES string of the molecule is CN1CCN(c2ncccc2-c2cn3ncc(C#N)c3cn2)CC1. The Labute approximate surface area is 139 Å². The summed E-state index contributed by atoms with van der Waals surface area (Å²) in [6.07, 6.45) is 6.93. The monoisotopic (exact) mass is 319 g/mol. The summed E-state index contributed by atoms with van der Waals surface area (Å²) >= 11 is 0. The molecule has 0 atom stereocenters. The van der Waals surface area contributed by atoms with Gasteiger partial charge >= 0.3 is 0 Å². The molecule has 0 aromatic carbocycles. The predicted octanol–water partition coefficient (Wildman–Crippen LogP) is 1.41. The number of anilines is 1. The third kappa shape index (κ3) is 2.47. The van der Waals surface area contributed by atoms with Crippen LogP contribution >= 0.6 is 0 Å². The molecule has 0 spiro atoms. The number of likely N-dealkylation sites (N-methyl/N-ethyl adjacent to an activating group) is 1. The van der Waals surface area contributed by atoms with E-state index in [1.807, 2.05) is 24.5 Å². The summed E-state index contributed by atoms with van der Waals surface area (Å²) in [6.45, 7) is 3.94. The average Bonchev–Trinajstić information content (AvgIpc) is 3.04. The van der Waals surface area contributed by atoms with Crippen LogP contribution in [0, 0.1) is 11.3 Å². The van der Waals surface area contributed by atoms with Crippen LogP contribution in [0.15, 0.2) is 36.9 Å². The van der Waals surface area contributed by atoms with Crippen LogP contribution in [0.5, 0.6) is 0 Å². The van der Waals surface area contributed by atoms with Crippen molar-refractivity contribution in [1.29, 1.82) is 5.26 Å². The standard InChI is InChI=1S/C17H17N7/c1-22-5-7-23(8-6-22)17-14(3-2-4-19-17)15-12-24-16(11-20-15)13(9-18)10-21-24/h2-4,10-12H,5-8H2,1H3. The van der Waals surface area contributed by atoms with Crippen LogP contribution in [0.25, 0.3) is 16.8 Å². The van der Waals surface area contributed by atoms with Gasteiger partial charge in [-0.05, 0) is 19.2 Å². The zero-order valence-corrected chi connectivity index (χ0v) is 13.4. The van der Waals surface area contributed by atoms with Crippen molar-refractivity contribution in [3.63, 3.8) is 0 Å². The molecule has 24 heavy (non-hydrogen) atoms. The van der Waals surface area contributed by atoms with Gasteiger partial charge in [0.05, 0.1) is 29.8 Å². The van der Waals surface area contributed by atoms with Crippen molar-refractivity contribution in [1.82, 2.24) is 24.5 Å². The Balaban J connectivity index is 1.75. The van der Waals surface area contributed by atoms with Gasteiger partial charge in [0.15, 0.2) is 0 Å². The third-order valence-corrected chi connectivity index (χ3v) is 4.39. The van der Waals surface area contributed by atoms with Crippen LogP contribution < -0.4 is 4.90 Å². The number of nitrogens with zero attached hydrogens (tertiary/aromatic N) is 7. The first-order chi connectivity index (χ1) is 11.8. The molecule has 0 bridgehead atoms. The smallest absolute Gasteiger partial charge is 0.138 e. The molecule has 1 aliphatic rings. The van der Waals surface area contributed by atoms with Crippen molar-refractivity contribution in [2.75, 3.05) is 38.1 Å². The van der Waals surface area contributed by atoms with Crippen molar-refractivity contribution in [2.45, 2.75) is 0 Å². The number of rotatable bonds is 2. The number of hydrogen-bond acceptors (Lipinski definition) is 6. The van der Waals surface area contributed by atoms with Gasteiger partial charge in [-0.2, -0.15) is 10.4 Å². The second-order valence-electron chi connectivity index (χ2n) is 5.94. The molecule has 0 radical (unpaired) electrons. The van der Waals surface area contributed by atoms with E-state index in [2.05, 4.69) is 38.0 Å². The molecule has 0 aliphatic carbocycles. The van der Waals surface area contributed by atoms with Gasteiger partial charge in [0.2, 0.25) is 0 Å². The summed E-state index contributed by atoms with van der Waals surface area (Å²) in [4.78, 5) is 13.7. The zero-order chi connectivity index (χ0) is 16.5. The number of pyridine rings is 1. The molecule has 120 valence electrons. The highest BCUT2D eigenvalue weighted by Gasteiger charge is 2.19. The zero-order valence-electron chi connectivity index (χ0n) is 13.4. The molecule has 4 rings (SSSR count). The fourth-order valence-corrected chi connectivity index (χ4v) is 2.98. The fourth-order valence-electron chi connectivity index (χ4n) is 2.98. The van der Waals surface area contributed by atoms with Gasteiger partial charge in [0, 0.05) is 37.9 Å². The lowest BCUT2D eigenvalue weighted by molar-refractivity contribution is 0.312. The summed E-state index contributed by atoms with van der Waals surface area (Å²) in [5.41, 5.74) is 3.03. The maximum absolute atomic E-state index is 9.09. The van der Waals surface area contributed by atoms with Crippen LogP contribution in [0.2, 0.25) is 0 Å². The van der Waals surface area contributed by atoms with Gasteiger partial charge in [0.25, 0.3) is 0 Å². The summed E-state index contributed by atoms with van der Waals surface area (Å²) in [5, 5.41) is 13.3. The largest absolute Gasteiger partial charge is 0.353 e. The van der Waals surface area contributed by atoms with Crippen LogP contribution in [0.1, 0.15) is 5.56 Å². The van der Waals surface area contributed by atoms with Gasteiger partial charge in [-0.15, -0.1) is 0 Å². The average molecular weight is 319 g/mol. The van der Waals surface area contributed by atoms with E-state index in [0.29, 0.717) is 11.1 Å². The van der Waals surface area contributed by atoms with E-state index >= 15 is 0 Å². The van der Waals surface area contributed by atoms with Crippen LogP contribution in [0.4, 0.5) is 5.82 Å². The van der Waals surface area contributed by atoms with Crippen molar-refractivity contribution < 1.29 is 0 Å². The fraction of sp³-hybridized carbons (Fsp3) is 0.294. The van der Waals surface area contributed by atoms with Crippen LogP contribution in [0.3, 0.4) is 0 Å². The molecule has 1 saturated heterocycles. The maximum atomic E-state index is 9.09. The Morgan fingerprint density at radius 1 is 1.12 bits per heavy atom. The molecule has 1 aliphatic heterocycles. The highest BCUT2D eigenvalue weighted by molar-refractivity contribution is 5.74. The minimum Gasteiger partial charge on any atom is -0.353 e. The number of aromatic nitrogens is 4. The van der Waals surface area contributed by atoms with Crippen LogP contribution in [-0.2, 0) is 0 Å². The predicted molar refractivity (Wildman–Crippen MR) is 90.6 cm³/mol. The van der Waals surface area contributed by atoms with Gasteiger partial charge < -0.3 is 9.80 Å². The molecule has 0 N–H and O–H groups in total. The first-order valence-corrected chi connectivity index (χ1v) is 7.88.